The molecule has 41 heavy (non-hydrogen) atoms. The highest BCUT2D eigenvalue weighted by atomic mass is 16.5. The van der Waals surface area contributed by atoms with E-state index in [4.69, 9.17) is 9.72 Å². The quantitative estimate of drug-likeness (QED) is 0.310. The van der Waals surface area contributed by atoms with E-state index in [2.05, 4.69) is 66.4 Å². The summed E-state index contributed by atoms with van der Waals surface area (Å²) in [6.45, 7) is 2.88. The number of ether oxygens (including phenoxy) is 1. The molecule has 5 nitrogen and oxygen atoms in total. The number of hydrogen-bond donors (Lipinski definition) is 1. The summed E-state index contributed by atoms with van der Waals surface area (Å²) in [5.41, 5.74) is 6.98. The van der Waals surface area contributed by atoms with Crippen LogP contribution in [-0.2, 0) is 4.79 Å². The molecule has 3 fully saturated rings. The van der Waals surface area contributed by atoms with Crippen LogP contribution in [0.2, 0.25) is 0 Å². The standard InChI is InChI=1S/C36H44N2O3/c1-24-20-30(15-19-35(24)41-2)26-8-6-25(7-9-26)23-38(36(40)28-12-16-33(39)17-13-28)32-5-3-4-29(21-32)31-14-18-34(37-22-31)27-10-11-27/h3-5,14-15,18-22,25-28,33,39H,6-13,16-17,23H2,1-2H3. The number of aliphatic hydroxyl groups excluding tert-OH is 1. The van der Waals surface area contributed by atoms with Crippen molar-refractivity contribution < 1.29 is 14.6 Å². The maximum absolute atomic E-state index is 14.1. The zero-order chi connectivity index (χ0) is 28.3. The fraction of sp³-hybridized carbons (Fsp3) is 0.500. The number of rotatable bonds is 8. The third-order valence-electron chi connectivity index (χ3n) is 9.76. The summed E-state index contributed by atoms with van der Waals surface area (Å²) in [5.74, 6) is 2.84. The van der Waals surface area contributed by atoms with Crippen molar-refractivity contribution in [2.45, 2.75) is 89.1 Å². The normalized spacial score (nSPS) is 24.6. The van der Waals surface area contributed by atoms with Gasteiger partial charge >= 0.3 is 0 Å². The van der Waals surface area contributed by atoms with Gasteiger partial charge in [0.05, 0.1) is 13.2 Å². The summed E-state index contributed by atoms with van der Waals surface area (Å²) >= 11 is 0. The minimum Gasteiger partial charge on any atom is -0.496 e. The van der Waals surface area contributed by atoms with E-state index in [9.17, 15) is 9.90 Å². The Kier molecular flexibility index (Phi) is 8.43. The smallest absolute Gasteiger partial charge is 0.230 e. The number of nitrogens with zero attached hydrogens (tertiary/aromatic N) is 2. The molecule has 1 amide bonds. The van der Waals surface area contributed by atoms with E-state index in [1.165, 1.54) is 29.7 Å². The summed E-state index contributed by atoms with van der Waals surface area (Å²) in [6, 6.07) is 19.4. The Hall–Kier alpha value is -3.18. The molecule has 6 rings (SSSR count). The van der Waals surface area contributed by atoms with Gasteiger partial charge in [-0.1, -0.05) is 30.3 Å². The summed E-state index contributed by atoms with van der Waals surface area (Å²) in [7, 11) is 1.73. The highest BCUT2D eigenvalue weighted by Gasteiger charge is 2.32. The van der Waals surface area contributed by atoms with Crippen molar-refractivity contribution >= 4 is 11.6 Å². The van der Waals surface area contributed by atoms with Crippen molar-refractivity contribution in [2.75, 3.05) is 18.6 Å². The average Bonchev–Trinajstić information content (AvgIpc) is 3.86. The minimum atomic E-state index is -0.265. The maximum Gasteiger partial charge on any atom is 0.230 e. The molecule has 1 heterocycles. The predicted molar refractivity (Wildman–Crippen MR) is 164 cm³/mol. The molecular weight excluding hydrogens is 508 g/mol. The van der Waals surface area contributed by atoms with Gasteiger partial charge in [-0.15, -0.1) is 0 Å². The molecule has 3 aliphatic carbocycles. The second-order valence-corrected chi connectivity index (χ2v) is 12.7. The molecular formula is C36H44N2O3. The number of aromatic nitrogens is 1. The molecule has 0 spiro atoms. The number of benzene rings is 2. The van der Waals surface area contributed by atoms with Crippen molar-refractivity contribution in [3.63, 3.8) is 0 Å². The molecule has 3 saturated carbocycles. The predicted octanol–water partition coefficient (Wildman–Crippen LogP) is 7.80. The third-order valence-corrected chi connectivity index (χ3v) is 9.76. The highest BCUT2D eigenvalue weighted by molar-refractivity contribution is 5.95. The van der Waals surface area contributed by atoms with Crippen LogP contribution < -0.4 is 9.64 Å². The van der Waals surface area contributed by atoms with E-state index in [-0.39, 0.29) is 17.9 Å². The molecule has 1 aromatic heterocycles. The van der Waals surface area contributed by atoms with E-state index in [1.807, 2.05) is 6.20 Å². The lowest BCUT2D eigenvalue weighted by Crippen LogP contribution is -2.41. The Balaban J connectivity index is 1.19. The van der Waals surface area contributed by atoms with Gasteiger partial charge in [-0.2, -0.15) is 0 Å². The molecule has 3 aliphatic rings. The van der Waals surface area contributed by atoms with Gasteiger partial charge in [0.1, 0.15) is 5.75 Å². The second-order valence-electron chi connectivity index (χ2n) is 12.7. The summed E-state index contributed by atoms with van der Waals surface area (Å²) < 4.78 is 5.47. The average molecular weight is 553 g/mol. The first kappa shape index (κ1) is 28.0. The van der Waals surface area contributed by atoms with Crippen molar-refractivity contribution in [3.8, 4) is 16.9 Å². The lowest BCUT2D eigenvalue weighted by molar-refractivity contribution is -0.124. The molecule has 1 N–H and O–H groups in total. The summed E-state index contributed by atoms with van der Waals surface area (Å²) in [6.07, 6.45) is 11.7. The van der Waals surface area contributed by atoms with Gasteiger partial charge in [0.2, 0.25) is 5.91 Å². The first-order valence-electron chi connectivity index (χ1n) is 15.7. The molecule has 2 aromatic carbocycles. The van der Waals surface area contributed by atoms with Crippen molar-refractivity contribution in [1.29, 1.82) is 0 Å². The lowest BCUT2D eigenvalue weighted by atomic mass is 9.78. The first-order valence-corrected chi connectivity index (χ1v) is 15.7. The van der Waals surface area contributed by atoms with Crippen molar-refractivity contribution in [2.24, 2.45) is 11.8 Å². The minimum absolute atomic E-state index is 0.0137. The number of aliphatic hydroxyl groups is 1. The fourth-order valence-electron chi connectivity index (χ4n) is 7.01. The number of methoxy groups -OCH3 is 1. The van der Waals surface area contributed by atoms with Crippen LogP contribution in [-0.4, -0.2) is 35.8 Å². The van der Waals surface area contributed by atoms with Gasteiger partial charge in [0, 0.05) is 41.5 Å². The number of amides is 1. The van der Waals surface area contributed by atoms with E-state index in [1.54, 1.807) is 7.11 Å². The van der Waals surface area contributed by atoms with Crippen LogP contribution in [0.15, 0.2) is 60.8 Å². The highest BCUT2D eigenvalue weighted by Crippen LogP contribution is 2.40. The maximum atomic E-state index is 14.1. The zero-order valence-corrected chi connectivity index (χ0v) is 24.6. The van der Waals surface area contributed by atoms with Gasteiger partial charge in [-0.25, -0.2) is 0 Å². The number of aryl methyl sites for hydroxylation is 1. The molecule has 0 atom stereocenters. The summed E-state index contributed by atoms with van der Waals surface area (Å²) in [4.78, 5) is 20.9. The van der Waals surface area contributed by atoms with Gasteiger partial charge in [0.15, 0.2) is 0 Å². The van der Waals surface area contributed by atoms with Gasteiger partial charge in [-0.05, 0) is 124 Å². The van der Waals surface area contributed by atoms with Crippen LogP contribution in [0.3, 0.4) is 0 Å². The van der Waals surface area contributed by atoms with E-state index >= 15 is 0 Å². The SMILES string of the molecule is COc1ccc(C2CCC(CN(C(=O)C3CCC(O)CC3)c3cccc(-c4ccc(C5CC5)nc4)c3)CC2)cc1C. The molecule has 0 unspecified atom stereocenters. The van der Waals surface area contributed by atoms with Crippen LogP contribution in [0, 0.1) is 18.8 Å². The molecule has 0 bridgehead atoms. The van der Waals surface area contributed by atoms with Crippen LogP contribution in [0.4, 0.5) is 5.69 Å². The topological polar surface area (TPSA) is 62.7 Å². The Morgan fingerprint density at radius 2 is 1.63 bits per heavy atom. The Bertz CT molecular complexity index is 1330. The van der Waals surface area contributed by atoms with E-state index in [0.717, 1.165) is 80.5 Å². The van der Waals surface area contributed by atoms with Gasteiger partial charge in [0.25, 0.3) is 0 Å². The molecule has 3 aromatic rings. The number of hydrogen-bond acceptors (Lipinski definition) is 4. The second kappa shape index (κ2) is 12.4. The van der Waals surface area contributed by atoms with Crippen LogP contribution >= 0.6 is 0 Å². The van der Waals surface area contributed by atoms with Gasteiger partial charge in [-0.3, -0.25) is 9.78 Å². The van der Waals surface area contributed by atoms with Crippen molar-refractivity contribution in [1.82, 2.24) is 4.98 Å². The van der Waals surface area contributed by atoms with E-state index in [0.29, 0.717) is 17.8 Å². The lowest BCUT2D eigenvalue weighted by Gasteiger charge is -2.36. The van der Waals surface area contributed by atoms with Crippen LogP contribution in [0.1, 0.15) is 92.9 Å². The third kappa shape index (κ3) is 6.51. The molecule has 0 aliphatic heterocycles. The molecule has 5 heteroatoms. The molecule has 0 radical (unpaired) electrons. The van der Waals surface area contributed by atoms with E-state index < -0.39 is 0 Å². The largest absolute Gasteiger partial charge is 0.496 e. The fourth-order valence-corrected chi connectivity index (χ4v) is 7.01. The number of carbonyl (C=O) groups excluding carboxylic acids is 1. The molecule has 0 saturated heterocycles. The van der Waals surface area contributed by atoms with Crippen LogP contribution in [0.5, 0.6) is 5.75 Å². The van der Waals surface area contributed by atoms with Crippen molar-refractivity contribution in [3.05, 3.63) is 77.6 Å². The van der Waals surface area contributed by atoms with Crippen LogP contribution in [0.25, 0.3) is 11.1 Å². The Morgan fingerprint density at radius 3 is 2.29 bits per heavy atom. The van der Waals surface area contributed by atoms with Gasteiger partial charge < -0.3 is 14.7 Å². The molecule has 216 valence electrons. The zero-order valence-electron chi connectivity index (χ0n) is 24.6. The number of carbonyl (C=O) groups is 1. The number of anilines is 1. The summed E-state index contributed by atoms with van der Waals surface area (Å²) in [5, 5.41) is 10.1. The number of pyridine rings is 1. The first-order chi connectivity index (χ1) is 20.0. The monoisotopic (exact) mass is 552 g/mol. The Morgan fingerprint density at radius 1 is 0.878 bits per heavy atom. The Labute approximate surface area is 245 Å².